The molecule has 1 aromatic heterocycles. The molecule has 0 unspecified atom stereocenters. The van der Waals surface area contributed by atoms with Crippen LogP contribution in [-0.2, 0) is 17.6 Å². The quantitative estimate of drug-likeness (QED) is 0.201. The molecule has 5 rings (SSSR count). The number of hydrogen-bond acceptors (Lipinski definition) is 6. The van der Waals surface area contributed by atoms with Crippen LogP contribution in [0, 0.1) is 5.92 Å². The van der Waals surface area contributed by atoms with Gasteiger partial charge in [-0.3, -0.25) is 0 Å². The molecule has 210 valence electrons. The summed E-state index contributed by atoms with van der Waals surface area (Å²) in [6, 6.07) is 9.44. The third kappa shape index (κ3) is 5.75. The Morgan fingerprint density at radius 3 is 2.62 bits per heavy atom. The van der Waals surface area contributed by atoms with E-state index >= 15 is 0 Å². The van der Waals surface area contributed by atoms with Crippen LogP contribution in [-0.4, -0.2) is 39.7 Å². The summed E-state index contributed by atoms with van der Waals surface area (Å²) in [4.78, 5) is 4.15. The lowest BCUT2D eigenvalue weighted by atomic mass is 9.71. The van der Waals surface area contributed by atoms with E-state index in [1.54, 1.807) is 18.5 Å². The number of phenols is 3. The maximum absolute atomic E-state index is 11.2. The number of aryl methyl sites for hydroxylation is 1. The van der Waals surface area contributed by atoms with Gasteiger partial charge < -0.3 is 34.9 Å². The van der Waals surface area contributed by atoms with E-state index in [2.05, 4.69) is 18.0 Å². The summed E-state index contributed by atoms with van der Waals surface area (Å²) < 4.78 is 12.2. The number of rotatable bonds is 9. The average molecular weight is 535 g/mol. The van der Waals surface area contributed by atoms with E-state index in [1.807, 2.05) is 18.2 Å². The Bertz CT molecular complexity index is 1260. The molecule has 3 aromatic rings. The normalized spacial score (nSPS) is 24.8. The Balaban J connectivity index is 1.40. The molecule has 2 aromatic carbocycles. The first-order chi connectivity index (χ1) is 18.9. The van der Waals surface area contributed by atoms with Gasteiger partial charge in [0.05, 0.1) is 25.4 Å². The fraction of sp³-hybridized carbons (Fsp3) is 0.500. The predicted octanol–water partition coefficient (Wildman–Crippen LogP) is 5.87. The van der Waals surface area contributed by atoms with Crippen LogP contribution in [0.2, 0.25) is 0 Å². The topological polar surface area (TPSA) is 113 Å². The maximum atomic E-state index is 11.2. The average Bonchev–Trinajstić information content (AvgIpc) is 3.45. The number of hydrogen-bond donors (Lipinski definition) is 4. The molecule has 7 heteroatoms. The molecule has 1 saturated carbocycles. The van der Waals surface area contributed by atoms with Crippen LogP contribution in [0.1, 0.15) is 91.7 Å². The largest absolute Gasteiger partial charge is 0.670 e. The number of aliphatic hydroxyl groups is 1. The molecule has 7 nitrogen and oxygen atoms in total. The van der Waals surface area contributed by atoms with Crippen molar-refractivity contribution in [2.75, 3.05) is 7.11 Å². The summed E-state index contributed by atoms with van der Waals surface area (Å²) in [5, 5.41) is 42.7. The zero-order valence-corrected chi connectivity index (χ0v) is 22.8. The smallest absolute Gasteiger partial charge is 0.200 e. The number of aliphatic hydroxyl groups excluding tert-OH is 1. The lowest BCUT2D eigenvalue weighted by Gasteiger charge is -2.45. The van der Waals surface area contributed by atoms with Crippen molar-refractivity contribution in [3.63, 3.8) is 0 Å². The number of fused-ring (bicyclic) bond motifs is 1. The molecule has 1 aliphatic carbocycles. The fourth-order valence-electron chi connectivity index (χ4n) is 6.55. The van der Waals surface area contributed by atoms with Crippen LogP contribution in [0.15, 0.2) is 42.7 Å². The summed E-state index contributed by atoms with van der Waals surface area (Å²) in [5.74, 6) is 0.334. The highest BCUT2D eigenvalue weighted by atomic mass is 16.5. The molecule has 4 N–H and O–H groups in total. The van der Waals surface area contributed by atoms with Gasteiger partial charge in [0, 0.05) is 17.9 Å². The fourth-order valence-corrected chi connectivity index (χ4v) is 6.55. The molecule has 2 fully saturated rings. The van der Waals surface area contributed by atoms with Gasteiger partial charge in [0.1, 0.15) is 5.75 Å². The molecular weight excluding hydrogens is 494 g/mol. The Morgan fingerprint density at radius 1 is 1.03 bits per heavy atom. The summed E-state index contributed by atoms with van der Waals surface area (Å²) in [6.07, 6.45) is 10.0. The van der Waals surface area contributed by atoms with Gasteiger partial charge in [-0.25, -0.2) is 0 Å². The van der Waals surface area contributed by atoms with Crippen molar-refractivity contribution >= 4 is 0 Å². The molecular formula is C32H40NO6-. The molecule has 2 aliphatic rings. The molecule has 0 bridgehead atoms. The van der Waals surface area contributed by atoms with Crippen molar-refractivity contribution in [3.8, 4) is 23.0 Å². The van der Waals surface area contributed by atoms with Crippen molar-refractivity contribution in [1.29, 1.82) is 0 Å². The molecule has 39 heavy (non-hydrogen) atoms. The lowest BCUT2D eigenvalue weighted by Crippen LogP contribution is -2.44. The number of nitrogens with zero attached hydrogens (tertiary/aromatic N) is 1. The Morgan fingerprint density at radius 2 is 1.87 bits per heavy atom. The summed E-state index contributed by atoms with van der Waals surface area (Å²) in [7, 11) is 1.47. The Kier molecular flexibility index (Phi) is 8.38. The van der Waals surface area contributed by atoms with Crippen LogP contribution in [0.3, 0.4) is 0 Å². The first-order valence-electron chi connectivity index (χ1n) is 14.2. The zero-order chi connectivity index (χ0) is 27.5. The van der Waals surface area contributed by atoms with Crippen molar-refractivity contribution in [1.82, 2.24) is 4.98 Å². The number of benzene rings is 2. The van der Waals surface area contributed by atoms with Crippen LogP contribution in [0.4, 0.5) is 0 Å². The zero-order valence-electron chi connectivity index (χ0n) is 22.8. The van der Waals surface area contributed by atoms with Crippen LogP contribution in [0.25, 0.3) is 0 Å². The number of phenolic OH excluding ortho intramolecular Hbond substituents is 3. The second-order valence-corrected chi connectivity index (χ2v) is 11.2. The lowest BCUT2D eigenvalue weighted by molar-refractivity contribution is -0.154. The summed E-state index contributed by atoms with van der Waals surface area (Å²) >= 11 is 0. The van der Waals surface area contributed by atoms with E-state index in [4.69, 9.17) is 9.47 Å². The Hall–Kier alpha value is -3.16. The first-order valence-corrected chi connectivity index (χ1v) is 14.2. The van der Waals surface area contributed by atoms with E-state index in [-0.39, 0.29) is 35.2 Å². The highest BCUT2D eigenvalue weighted by molar-refractivity contribution is 5.59. The van der Waals surface area contributed by atoms with Crippen molar-refractivity contribution in [2.45, 2.75) is 88.9 Å². The molecule has 2 heterocycles. The number of aromatic hydroxyl groups is 3. The van der Waals surface area contributed by atoms with Crippen LogP contribution in [0.5, 0.6) is 23.0 Å². The molecule has 0 radical (unpaired) electrons. The minimum Gasteiger partial charge on any atom is -0.670 e. The SMILES string of the molecule is CCCCCc1cc([C@@H]2CC[C@H]3[C@H](C2)O[C@H](c2cc(O)c(O)c(OC)c2Cc2cc[n-]c2)C[C@@H]3O)ccc1O. The van der Waals surface area contributed by atoms with E-state index < -0.39 is 12.2 Å². The summed E-state index contributed by atoms with van der Waals surface area (Å²) in [6.45, 7) is 2.18. The van der Waals surface area contributed by atoms with Crippen LogP contribution >= 0.6 is 0 Å². The predicted molar refractivity (Wildman–Crippen MR) is 149 cm³/mol. The van der Waals surface area contributed by atoms with E-state index in [0.717, 1.165) is 61.6 Å². The minimum absolute atomic E-state index is 0.0500. The van der Waals surface area contributed by atoms with Crippen molar-refractivity contribution in [2.24, 2.45) is 5.92 Å². The third-order valence-corrected chi connectivity index (χ3v) is 8.68. The molecule has 0 amide bonds. The second kappa shape index (κ2) is 11.9. The van der Waals surface area contributed by atoms with Gasteiger partial charge >= 0.3 is 0 Å². The van der Waals surface area contributed by atoms with E-state index in [9.17, 15) is 20.4 Å². The number of unbranched alkanes of at least 4 members (excludes halogenated alkanes) is 2. The van der Waals surface area contributed by atoms with Gasteiger partial charge in [0.25, 0.3) is 0 Å². The van der Waals surface area contributed by atoms with Gasteiger partial charge in [-0.1, -0.05) is 43.5 Å². The standard InChI is InChI=1S/C32H40NO6/c1-3-4-5-6-22-14-20(8-10-26(22)34)21-7-9-23-27(35)17-30(39-29(23)15-21)24-16-28(36)31(37)32(38-2)25(24)13-19-11-12-33-18-19/h8,10-12,14,16,18,21,23,27,29-30,34-37H,3-7,9,13,15,17H2,1-2H3/q-1/t21-,23-,27+,29+,30+/m1/s1. The van der Waals surface area contributed by atoms with Gasteiger partial charge in [0.2, 0.25) is 5.75 Å². The van der Waals surface area contributed by atoms with Crippen molar-refractivity contribution in [3.05, 3.63) is 70.5 Å². The molecule has 0 spiro atoms. The highest BCUT2D eigenvalue weighted by Crippen LogP contribution is 2.50. The molecule has 5 atom stereocenters. The number of aromatic nitrogens is 1. The second-order valence-electron chi connectivity index (χ2n) is 11.2. The molecule has 1 saturated heterocycles. The maximum Gasteiger partial charge on any atom is 0.200 e. The van der Waals surface area contributed by atoms with Gasteiger partial charge in [-0.2, -0.15) is 12.4 Å². The summed E-state index contributed by atoms with van der Waals surface area (Å²) in [5.41, 5.74) is 4.61. The minimum atomic E-state index is -0.533. The number of ether oxygens (including phenoxy) is 2. The third-order valence-electron chi connectivity index (χ3n) is 8.68. The molecule has 1 aliphatic heterocycles. The van der Waals surface area contributed by atoms with Crippen molar-refractivity contribution < 1.29 is 29.9 Å². The van der Waals surface area contributed by atoms with Gasteiger partial charge in [0.15, 0.2) is 11.5 Å². The van der Waals surface area contributed by atoms with E-state index in [1.165, 1.54) is 12.7 Å². The van der Waals surface area contributed by atoms with E-state index in [0.29, 0.717) is 24.2 Å². The Labute approximate surface area is 230 Å². The number of methoxy groups -OCH3 is 1. The monoisotopic (exact) mass is 534 g/mol. The van der Waals surface area contributed by atoms with Crippen LogP contribution < -0.4 is 9.72 Å². The van der Waals surface area contributed by atoms with Gasteiger partial charge in [-0.15, -0.1) is 0 Å². The van der Waals surface area contributed by atoms with Gasteiger partial charge in [-0.05, 0) is 73.3 Å². The first kappa shape index (κ1) is 27.4. The highest BCUT2D eigenvalue weighted by Gasteiger charge is 2.43.